The molecular formula is C24H44Cl2InNZr. The van der Waals surface area contributed by atoms with Crippen molar-refractivity contribution in [2.45, 2.75) is 105 Å². The van der Waals surface area contributed by atoms with Crippen LogP contribution in [0.3, 0.4) is 0 Å². The maximum absolute atomic E-state index is 3.30. The first-order valence-electron chi connectivity index (χ1n) is 10.7. The fraction of sp³-hybridized carbons (Fsp3) is 0.667. The van der Waals surface area contributed by atoms with Gasteiger partial charge in [-0.3, -0.25) is 12.2 Å². The van der Waals surface area contributed by atoms with E-state index in [-0.39, 0.29) is 51.0 Å². The predicted octanol–water partition coefficient (Wildman–Crippen LogP) is 7.23. The minimum Gasteiger partial charge on any atom is -0.269 e. The first-order chi connectivity index (χ1) is 12.4. The Morgan fingerprint density at radius 3 is 1.34 bits per heavy atom. The largest absolute Gasteiger partial charge is 2.00 e. The van der Waals surface area contributed by atoms with Gasteiger partial charge in [-0.1, -0.05) is 52.4 Å². The Morgan fingerprint density at radius 1 is 0.828 bits per heavy atom. The number of halogens is 2. The SMILES string of the molecule is CC(C)[N]([InH2])C(C)C.CCCCC1=[C-]CC=C1.CCCCC1=[C-]CC=C1.Cl.Cl.[Zr+2]. The van der Waals surface area contributed by atoms with E-state index in [0.717, 1.165) is 24.9 Å². The number of unbranched alkanes of at least 4 members (excludes halogenated alkanes) is 2. The topological polar surface area (TPSA) is 3.24 Å². The van der Waals surface area contributed by atoms with E-state index >= 15 is 0 Å². The number of allylic oxidation sites excluding steroid dienone is 8. The van der Waals surface area contributed by atoms with E-state index in [2.05, 4.69) is 80.9 Å². The molecule has 0 bridgehead atoms. The Bertz CT molecular complexity index is 430. The van der Waals surface area contributed by atoms with Gasteiger partial charge in [-0.2, -0.15) is 12.2 Å². The van der Waals surface area contributed by atoms with Gasteiger partial charge in [0.15, 0.2) is 0 Å². The molecule has 0 N–H and O–H groups in total. The second-order valence-corrected chi connectivity index (χ2v) is 10.6. The van der Waals surface area contributed by atoms with E-state index in [1.807, 2.05) is 0 Å². The smallest absolute Gasteiger partial charge is 0.269 e. The normalized spacial score (nSPS) is 13.4. The van der Waals surface area contributed by atoms with Crippen LogP contribution >= 0.6 is 24.8 Å². The summed E-state index contributed by atoms with van der Waals surface area (Å²) in [5.41, 5.74) is 2.83. The summed E-state index contributed by atoms with van der Waals surface area (Å²) in [4.78, 5) is 0. The third-order valence-corrected chi connectivity index (χ3v) is 10.7. The third-order valence-electron chi connectivity index (χ3n) is 4.76. The molecule has 0 heterocycles. The minimum absolute atomic E-state index is 0. The average Bonchev–Trinajstić information content (AvgIpc) is 3.32. The van der Waals surface area contributed by atoms with Crippen LogP contribution in [0.5, 0.6) is 0 Å². The van der Waals surface area contributed by atoms with Crippen LogP contribution in [0.4, 0.5) is 0 Å². The quantitative estimate of drug-likeness (QED) is 0.258. The molecule has 0 saturated carbocycles. The van der Waals surface area contributed by atoms with Gasteiger partial charge >= 0.3 is 93.5 Å². The zero-order chi connectivity index (χ0) is 19.8. The molecular weight excluding hydrogens is 579 g/mol. The molecule has 0 fully saturated rings. The van der Waals surface area contributed by atoms with E-state index in [1.165, 1.54) is 49.7 Å². The number of nitrogens with zero attached hydrogens (tertiary/aromatic N) is 1. The van der Waals surface area contributed by atoms with Crippen LogP contribution in [0.1, 0.15) is 92.9 Å². The summed E-state index contributed by atoms with van der Waals surface area (Å²) in [7, 11) is 0. The Morgan fingerprint density at radius 2 is 1.17 bits per heavy atom. The van der Waals surface area contributed by atoms with Crippen molar-refractivity contribution in [3.8, 4) is 0 Å². The molecule has 2 rings (SSSR count). The number of hydrogen-bond acceptors (Lipinski definition) is 1. The van der Waals surface area contributed by atoms with Gasteiger partial charge in [0.25, 0.3) is 0 Å². The van der Waals surface area contributed by atoms with E-state index in [0.29, 0.717) is 24.7 Å². The van der Waals surface area contributed by atoms with Crippen LogP contribution < -0.4 is 0 Å². The molecule has 0 aliphatic heterocycles. The van der Waals surface area contributed by atoms with Gasteiger partial charge in [0.05, 0.1) is 0 Å². The number of rotatable bonds is 8. The molecule has 0 aromatic heterocycles. The summed E-state index contributed by atoms with van der Waals surface area (Å²) in [6, 6.07) is 1.54. The molecule has 0 spiro atoms. The van der Waals surface area contributed by atoms with Crippen LogP contribution in [0.15, 0.2) is 35.5 Å². The van der Waals surface area contributed by atoms with Crippen molar-refractivity contribution in [2.24, 2.45) is 0 Å². The summed E-state index contributed by atoms with van der Waals surface area (Å²) in [6.45, 7) is 13.5. The molecule has 0 aromatic carbocycles. The molecule has 0 aromatic rings. The Hall–Kier alpha value is 1.25. The summed E-state index contributed by atoms with van der Waals surface area (Å²) in [5, 5.41) is 0. The molecule has 0 saturated heterocycles. The second kappa shape index (κ2) is 25.5. The second-order valence-electron chi connectivity index (χ2n) is 7.68. The monoisotopic (exact) mass is 621 g/mol. The van der Waals surface area contributed by atoms with Crippen LogP contribution in [0, 0.1) is 12.2 Å². The standard InChI is InChI=1S/2C9H13.C6H14N.2ClH.In.Zr.2H/c2*1-2-3-6-9-7-4-5-8-9;1-5(2)7-6(3)4;;;;;;/h2*4,7H,2-3,5-6H2,1H3;5-6H,1-4H3;2*1H;;;;/q3*-1;;;+1;+2;;. The molecule has 0 unspecified atom stereocenters. The minimum atomic E-state index is 0. The fourth-order valence-corrected chi connectivity index (χ4v) is 2.57. The molecule has 2 aliphatic carbocycles. The van der Waals surface area contributed by atoms with Crippen molar-refractivity contribution in [3.63, 3.8) is 0 Å². The summed E-state index contributed by atoms with van der Waals surface area (Å²) in [6.07, 6.45) is 25.1. The van der Waals surface area contributed by atoms with Crippen LogP contribution in [-0.2, 0) is 26.2 Å². The van der Waals surface area contributed by atoms with Gasteiger partial charge in [-0.25, -0.2) is 23.3 Å². The molecule has 0 radical (unpaired) electrons. The van der Waals surface area contributed by atoms with E-state index in [9.17, 15) is 0 Å². The summed E-state index contributed by atoms with van der Waals surface area (Å²) in [5.74, 6) is 0. The summed E-state index contributed by atoms with van der Waals surface area (Å²) < 4.78 is 2.54. The molecule has 0 amide bonds. The average molecular weight is 624 g/mol. The van der Waals surface area contributed by atoms with Crippen molar-refractivity contribution in [2.75, 3.05) is 0 Å². The first-order valence-corrected chi connectivity index (χ1v) is 13.2. The predicted molar refractivity (Wildman–Crippen MR) is 135 cm³/mol. The van der Waals surface area contributed by atoms with E-state index in [1.54, 1.807) is 0 Å². The van der Waals surface area contributed by atoms with E-state index < -0.39 is 0 Å². The zero-order valence-corrected chi connectivity index (χ0v) is 29.7. The van der Waals surface area contributed by atoms with Crippen LogP contribution in [-0.4, -0.2) is 39.6 Å². The van der Waals surface area contributed by atoms with Crippen LogP contribution in [0.25, 0.3) is 0 Å². The Labute approximate surface area is 229 Å². The van der Waals surface area contributed by atoms with Crippen molar-refractivity contribution >= 4 is 49.5 Å². The molecule has 2 aliphatic rings. The van der Waals surface area contributed by atoms with Gasteiger partial charge in [-0.15, -0.1) is 37.7 Å². The van der Waals surface area contributed by atoms with Gasteiger partial charge in [0, 0.05) is 0 Å². The Balaban J connectivity index is -0.000000154. The van der Waals surface area contributed by atoms with Crippen molar-refractivity contribution in [1.29, 1.82) is 0 Å². The molecule has 29 heavy (non-hydrogen) atoms. The van der Waals surface area contributed by atoms with Crippen molar-refractivity contribution < 1.29 is 26.2 Å². The van der Waals surface area contributed by atoms with Gasteiger partial charge in [0.1, 0.15) is 0 Å². The maximum atomic E-state index is 3.30. The molecule has 166 valence electrons. The Kier molecular flexibility index (Phi) is 33.0. The van der Waals surface area contributed by atoms with Crippen LogP contribution in [0.2, 0.25) is 0 Å². The van der Waals surface area contributed by atoms with Gasteiger partial charge < -0.3 is 0 Å². The van der Waals surface area contributed by atoms with Crippen molar-refractivity contribution in [1.82, 2.24) is 2.89 Å². The summed E-state index contributed by atoms with van der Waals surface area (Å²) >= 11 is 0.701. The molecule has 1 nitrogen and oxygen atoms in total. The first kappa shape index (κ1) is 37.6. The maximum Gasteiger partial charge on any atom is 2.00 e. The number of hydrogen-bond donors (Lipinski definition) is 0. The van der Waals surface area contributed by atoms with Gasteiger partial charge in [-0.05, 0) is 0 Å². The molecule has 5 heteroatoms. The van der Waals surface area contributed by atoms with E-state index in [4.69, 9.17) is 0 Å². The molecule has 0 atom stereocenters. The van der Waals surface area contributed by atoms with Gasteiger partial charge in [0.2, 0.25) is 0 Å². The zero-order valence-electron chi connectivity index (χ0n) is 19.9. The fourth-order valence-electron chi connectivity index (χ4n) is 2.57. The van der Waals surface area contributed by atoms with Crippen molar-refractivity contribution in [3.05, 3.63) is 47.6 Å². The third kappa shape index (κ3) is 22.2.